The van der Waals surface area contributed by atoms with Gasteiger partial charge in [-0.3, -0.25) is 0 Å². The van der Waals surface area contributed by atoms with Crippen LogP contribution in [0.5, 0.6) is 0 Å². The third-order valence-electron chi connectivity index (χ3n) is 3.99. The van der Waals surface area contributed by atoms with Crippen molar-refractivity contribution in [2.24, 2.45) is 5.73 Å². The molecule has 0 aliphatic rings. The molecule has 1 aromatic carbocycles. The smallest absolute Gasteiger partial charge is 0.128 e. The normalized spacial score (nSPS) is 14.0. The highest BCUT2D eigenvalue weighted by Crippen LogP contribution is 2.36. The number of halogens is 2. The molecular weight excluding hydrogens is 295 g/mol. The monoisotopic (exact) mass is 316 g/mol. The topological polar surface area (TPSA) is 29.3 Å². The molecule has 1 unspecified atom stereocenters. The van der Waals surface area contributed by atoms with Crippen LogP contribution in [-0.4, -0.2) is 24.5 Å². The second-order valence-corrected chi connectivity index (χ2v) is 5.76. The second-order valence-electron chi connectivity index (χ2n) is 4.85. The lowest BCUT2D eigenvalue weighted by Crippen LogP contribution is -2.51. The molecule has 1 rings (SSSR count). The average molecular weight is 317 g/mol. The number of hydrogen-bond donors (Lipinski definition) is 1. The maximum atomic E-state index is 14.0. The summed E-state index contributed by atoms with van der Waals surface area (Å²) in [6.45, 7) is 4.19. The summed E-state index contributed by atoms with van der Waals surface area (Å²) in [5.74, 6) is -0.237. The predicted molar refractivity (Wildman–Crippen MR) is 78.0 cm³/mol. The van der Waals surface area contributed by atoms with Crippen LogP contribution < -0.4 is 5.73 Å². The molecule has 0 bridgehead atoms. The molecule has 2 nitrogen and oxygen atoms in total. The fourth-order valence-electron chi connectivity index (χ4n) is 2.64. The van der Waals surface area contributed by atoms with Gasteiger partial charge in [0.15, 0.2) is 0 Å². The van der Waals surface area contributed by atoms with Crippen LogP contribution >= 0.6 is 15.9 Å². The maximum absolute atomic E-state index is 14.0. The van der Waals surface area contributed by atoms with Gasteiger partial charge in [0, 0.05) is 15.6 Å². The number of nitrogens with zero attached hydrogens (tertiary/aromatic N) is 1. The number of hydrogen-bond acceptors (Lipinski definition) is 2. The van der Waals surface area contributed by atoms with Gasteiger partial charge >= 0.3 is 0 Å². The van der Waals surface area contributed by atoms with Gasteiger partial charge in [0.05, 0.1) is 6.04 Å². The Morgan fingerprint density at radius 1 is 1.33 bits per heavy atom. The lowest BCUT2D eigenvalue weighted by molar-refractivity contribution is 0.104. The Morgan fingerprint density at radius 3 is 2.33 bits per heavy atom. The Labute approximate surface area is 117 Å². The largest absolute Gasteiger partial charge is 0.322 e. The average Bonchev–Trinajstić information content (AvgIpc) is 2.34. The molecule has 0 spiro atoms. The minimum Gasteiger partial charge on any atom is -0.322 e. The van der Waals surface area contributed by atoms with Crippen LogP contribution in [0.1, 0.15) is 38.3 Å². The van der Waals surface area contributed by atoms with Crippen molar-refractivity contribution in [1.29, 1.82) is 0 Å². The van der Waals surface area contributed by atoms with E-state index in [1.807, 2.05) is 14.1 Å². The summed E-state index contributed by atoms with van der Waals surface area (Å²) >= 11 is 3.38. The quantitative estimate of drug-likeness (QED) is 0.897. The minimum atomic E-state index is -0.347. The van der Waals surface area contributed by atoms with Crippen molar-refractivity contribution in [2.75, 3.05) is 14.1 Å². The second kappa shape index (κ2) is 6.13. The van der Waals surface area contributed by atoms with E-state index in [9.17, 15) is 4.39 Å². The summed E-state index contributed by atoms with van der Waals surface area (Å²) in [5.41, 5.74) is 6.71. The van der Waals surface area contributed by atoms with Crippen molar-refractivity contribution in [3.63, 3.8) is 0 Å². The van der Waals surface area contributed by atoms with E-state index in [1.54, 1.807) is 12.1 Å². The van der Waals surface area contributed by atoms with Gasteiger partial charge in [-0.1, -0.05) is 29.8 Å². The summed E-state index contributed by atoms with van der Waals surface area (Å²) in [7, 11) is 4.01. The first-order valence-electron chi connectivity index (χ1n) is 6.27. The molecule has 0 aliphatic carbocycles. The van der Waals surface area contributed by atoms with Gasteiger partial charge in [-0.15, -0.1) is 0 Å². The summed E-state index contributed by atoms with van der Waals surface area (Å²) in [4.78, 5) is 2.11. The maximum Gasteiger partial charge on any atom is 0.128 e. The van der Waals surface area contributed by atoms with E-state index in [-0.39, 0.29) is 17.4 Å². The Kier molecular flexibility index (Phi) is 5.32. The van der Waals surface area contributed by atoms with E-state index in [2.05, 4.69) is 34.7 Å². The zero-order valence-electron chi connectivity index (χ0n) is 11.5. The summed E-state index contributed by atoms with van der Waals surface area (Å²) in [6, 6.07) is 4.59. The van der Waals surface area contributed by atoms with Crippen LogP contribution in [0.4, 0.5) is 4.39 Å². The van der Waals surface area contributed by atoms with Crippen molar-refractivity contribution < 1.29 is 4.39 Å². The molecule has 0 aromatic heterocycles. The summed E-state index contributed by atoms with van der Waals surface area (Å²) in [6.07, 6.45) is 1.76. The van der Waals surface area contributed by atoms with Gasteiger partial charge in [-0.2, -0.15) is 0 Å². The Bertz CT molecular complexity index is 403. The molecule has 2 N–H and O–H groups in total. The molecule has 0 saturated carbocycles. The van der Waals surface area contributed by atoms with Crippen LogP contribution in [0, 0.1) is 5.82 Å². The third kappa shape index (κ3) is 2.76. The zero-order chi connectivity index (χ0) is 13.9. The highest BCUT2D eigenvalue weighted by molar-refractivity contribution is 9.10. The standard InChI is InChI=1S/C14H22BrFN2/c1-5-14(6-2,18(3)4)13(17)11-9-10(15)7-8-12(11)16/h7-9,13H,5-6,17H2,1-4H3. The lowest BCUT2D eigenvalue weighted by Gasteiger charge is -2.43. The van der Waals surface area contributed by atoms with Gasteiger partial charge in [0.1, 0.15) is 5.82 Å². The molecule has 0 radical (unpaired) electrons. The molecule has 102 valence electrons. The molecular formula is C14H22BrFN2. The predicted octanol–water partition coefficient (Wildman–Crippen LogP) is 3.71. The molecule has 1 aromatic rings. The number of rotatable bonds is 5. The van der Waals surface area contributed by atoms with E-state index < -0.39 is 0 Å². The van der Waals surface area contributed by atoms with Crippen molar-refractivity contribution in [2.45, 2.75) is 38.3 Å². The van der Waals surface area contributed by atoms with E-state index in [4.69, 9.17) is 5.73 Å². The van der Waals surface area contributed by atoms with Gasteiger partial charge in [0.25, 0.3) is 0 Å². The molecule has 0 amide bonds. The Hall–Kier alpha value is -0.450. The number of benzene rings is 1. The number of likely N-dealkylation sites (N-methyl/N-ethyl adjacent to an activating group) is 1. The zero-order valence-corrected chi connectivity index (χ0v) is 13.1. The van der Waals surface area contributed by atoms with Gasteiger partial charge in [0.2, 0.25) is 0 Å². The van der Waals surface area contributed by atoms with Crippen LogP contribution in [0.3, 0.4) is 0 Å². The molecule has 0 saturated heterocycles. The van der Waals surface area contributed by atoms with Crippen LogP contribution in [0.25, 0.3) is 0 Å². The Balaban J connectivity index is 3.25. The van der Waals surface area contributed by atoms with Crippen LogP contribution in [0.15, 0.2) is 22.7 Å². The fraction of sp³-hybridized carbons (Fsp3) is 0.571. The minimum absolute atomic E-state index is 0.221. The van der Waals surface area contributed by atoms with Crippen LogP contribution in [0.2, 0.25) is 0 Å². The first kappa shape index (κ1) is 15.6. The van der Waals surface area contributed by atoms with Gasteiger partial charge < -0.3 is 10.6 Å². The van der Waals surface area contributed by atoms with E-state index in [1.165, 1.54) is 6.07 Å². The van der Waals surface area contributed by atoms with Crippen molar-refractivity contribution >= 4 is 15.9 Å². The Morgan fingerprint density at radius 2 is 1.89 bits per heavy atom. The SMILES string of the molecule is CCC(CC)(C(N)c1cc(Br)ccc1F)N(C)C. The van der Waals surface area contributed by atoms with Crippen molar-refractivity contribution in [1.82, 2.24) is 4.90 Å². The molecule has 4 heteroatoms. The molecule has 18 heavy (non-hydrogen) atoms. The lowest BCUT2D eigenvalue weighted by atomic mass is 9.80. The van der Waals surface area contributed by atoms with Crippen molar-refractivity contribution in [3.8, 4) is 0 Å². The molecule has 0 aliphatic heterocycles. The molecule has 0 fully saturated rings. The van der Waals surface area contributed by atoms with E-state index in [0.717, 1.165) is 17.3 Å². The number of nitrogens with two attached hydrogens (primary N) is 1. The third-order valence-corrected chi connectivity index (χ3v) is 4.48. The molecule has 1 atom stereocenters. The van der Waals surface area contributed by atoms with E-state index >= 15 is 0 Å². The molecule has 0 heterocycles. The van der Waals surface area contributed by atoms with E-state index in [0.29, 0.717) is 5.56 Å². The summed E-state index contributed by atoms with van der Waals surface area (Å²) in [5, 5.41) is 0. The van der Waals surface area contributed by atoms with Crippen LogP contribution in [-0.2, 0) is 0 Å². The first-order chi connectivity index (χ1) is 8.39. The summed E-state index contributed by atoms with van der Waals surface area (Å²) < 4.78 is 14.8. The van der Waals surface area contributed by atoms with Crippen molar-refractivity contribution in [3.05, 3.63) is 34.1 Å². The van der Waals surface area contributed by atoms with Gasteiger partial charge in [-0.25, -0.2) is 4.39 Å². The van der Waals surface area contributed by atoms with Gasteiger partial charge in [-0.05, 0) is 45.1 Å². The fourth-order valence-corrected chi connectivity index (χ4v) is 3.02. The highest BCUT2D eigenvalue weighted by Gasteiger charge is 2.37. The highest BCUT2D eigenvalue weighted by atomic mass is 79.9. The first-order valence-corrected chi connectivity index (χ1v) is 7.06.